The molecule has 1 aromatic rings. The Balaban J connectivity index is 1.66. The standard InChI is InChI=1S/C17H26N2O/c1-18-16(12-15-6-2-5-10-19-15)14-7-11-20-17(13-14)8-3-4-9-17/h2,5-6,10,14,16,18H,3-4,7-9,11-13H2,1H3. The minimum Gasteiger partial charge on any atom is -0.375 e. The van der Waals surface area contributed by atoms with E-state index in [1.54, 1.807) is 0 Å². The molecule has 1 saturated carbocycles. The maximum Gasteiger partial charge on any atom is 0.0685 e. The van der Waals surface area contributed by atoms with Gasteiger partial charge in [-0.3, -0.25) is 4.98 Å². The molecule has 2 atom stereocenters. The zero-order valence-electron chi connectivity index (χ0n) is 12.5. The van der Waals surface area contributed by atoms with Crippen LogP contribution in [-0.2, 0) is 11.2 Å². The van der Waals surface area contributed by atoms with Gasteiger partial charge in [0, 0.05) is 31.0 Å². The highest BCUT2D eigenvalue weighted by Crippen LogP contribution is 2.43. The summed E-state index contributed by atoms with van der Waals surface area (Å²) in [6.07, 6.45) is 10.6. The fraction of sp³-hybridized carbons (Fsp3) is 0.706. The van der Waals surface area contributed by atoms with Gasteiger partial charge in [0.2, 0.25) is 0 Å². The minimum atomic E-state index is 0.210. The van der Waals surface area contributed by atoms with Gasteiger partial charge in [0.1, 0.15) is 0 Å². The van der Waals surface area contributed by atoms with Crippen LogP contribution in [0, 0.1) is 5.92 Å². The number of rotatable bonds is 4. The summed E-state index contributed by atoms with van der Waals surface area (Å²) < 4.78 is 6.16. The number of nitrogens with one attached hydrogen (secondary N) is 1. The molecule has 1 aliphatic carbocycles. The number of likely N-dealkylation sites (N-methyl/N-ethyl adjacent to an activating group) is 1. The highest BCUT2D eigenvalue weighted by Gasteiger charge is 2.41. The highest BCUT2D eigenvalue weighted by atomic mass is 16.5. The van der Waals surface area contributed by atoms with Crippen molar-refractivity contribution in [2.45, 2.75) is 56.6 Å². The second-order valence-corrected chi connectivity index (χ2v) is 6.41. The Labute approximate surface area is 122 Å². The van der Waals surface area contributed by atoms with Crippen molar-refractivity contribution < 1.29 is 4.74 Å². The SMILES string of the molecule is CNC(Cc1ccccn1)C1CCOC2(CCCC2)C1. The molecule has 2 fully saturated rings. The van der Waals surface area contributed by atoms with Gasteiger partial charge in [0.15, 0.2) is 0 Å². The number of pyridine rings is 1. The number of ether oxygens (including phenoxy) is 1. The van der Waals surface area contributed by atoms with Crippen molar-refractivity contribution in [1.29, 1.82) is 0 Å². The van der Waals surface area contributed by atoms with Gasteiger partial charge in [-0.1, -0.05) is 18.9 Å². The third-order valence-corrected chi connectivity index (χ3v) is 5.14. The lowest BCUT2D eigenvalue weighted by Gasteiger charge is -2.41. The first-order valence-electron chi connectivity index (χ1n) is 8.02. The fourth-order valence-corrected chi connectivity index (χ4v) is 4.03. The quantitative estimate of drug-likeness (QED) is 0.916. The predicted octanol–water partition coefficient (Wildman–Crippen LogP) is 2.95. The van der Waals surface area contributed by atoms with E-state index in [1.165, 1.54) is 44.2 Å². The lowest BCUT2D eigenvalue weighted by Crippen LogP contribution is -2.45. The van der Waals surface area contributed by atoms with Gasteiger partial charge in [-0.15, -0.1) is 0 Å². The molecule has 1 saturated heterocycles. The molecule has 2 aliphatic rings. The van der Waals surface area contributed by atoms with Gasteiger partial charge in [-0.05, 0) is 50.8 Å². The Kier molecular flexibility index (Phi) is 4.37. The second kappa shape index (κ2) is 6.23. The monoisotopic (exact) mass is 274 g/mol. The second-order valence-electron chi connectivity index (χ2n) is 6.41. The van der Waals surface area contributed by atoms with Crippen LogP contribution in [0.2, 0.25) is 0 Å². The average molecular weight is 274 g/mol. The summed E-state index contributed by atoms with van der Waals surface area (Å²) in [4.78, 5) is 4.48. The summed E-state index contributed by atoms with van der Waals surface area (Å²) in [6, 6.07) is 6.72. The topological polar surface area (TPSA) is 34.2 Å². The highest BCUT2D eigenvalue weighted by molar-refractivity contribution is 5.06. The van der Waals surface area contributed by atoms with Gasteiger partial charge >= 0.3 is 0 Å². The molecule has 0 aromatic carbocycles. The van der Waals surface area contributed by atoms with Gasteiger partial charge < -0.3 is 10.1 Å². The van der Waals surface area contributed by atoms with E-state index >= 15 is 0 Å². The number of hydrogen-bond donors (Lipinski definition) is 1. The first-order valence-corrected chi connectivity index (χ1v) is 8.02. The molecule has 2 heterocycles. The van der Waals surface area contributed by atoms with E-state index in [1.807, 2.05) is 12.3 Å². The molecule has 1 aromatic heterocycles. The van der Waals surface area contributed by atoms with Crippen molar-refractivity contribution >= 4 is 0 Å². The fourth-order valence-electron chi connectivity index (χ4n) is 4.03. The van der Waals surface area contributed by atoms with Gasteiger partial charge in [-0.2, -0.15) is 0 Å². The van der Waals surface area contributed by atoms with Crippen molar-refractivity contribution in [3.63, 3.8) is 0 Å². The van der Waals surface area contributed by atoms with Crippen molar-refractivity contribution in [2.24, 2.45) is 5.92 Å². The van der Waals surface area contributed by atoms with Gasteiger partial charge in [0.05, 0.1) is 5.60 Å². The van der Waals surface area contributed by atoms with Crippen LogP contribution < -0.4 is 5.32 Å². The average Bonchev–Trinajstić information content (AvgIpc) is 2.93. The molecule has 0 bridgehead atoms. The zero-order valence-corrected chi connectivity index (χ0v) is 12.5. The Hall–Kier alpha value is -0.930. The molecule has 1 N–H and O–H groups in total. The Bertz CT molecular complexity index is 414. The third-order valence-electron chi connectivity index (χ3n) is 5.14. The van der Waals surface area contributed by atoms with E-state index in [2.05, 4.69) is 29.5 Å². The molecule has 3 heteroatoms. The van der Waals surface area contributed by atoms with Crippen LogP contribution in [0.25, 0.3) is 0 Å². The molecule has 2 unspecified atom stereocenters. The van der Waals surface area contributed by atoms with Crippen molar-refractivity contribution in [3.05, 3.63) is 30.1 Å². The largest absolute Gasteiger partial charge is 0.375 e. The molecular formula is C17H26N2O. The number of aromatic nitrogens is 1. The lowest BCUT2D eigenvalue weighted by molar-refractivity contribution is -0.0975. The normalized spacial score (nSPS) is 26.8. The lowest BCUT2D eigenvalue weighted by atomic mass is 9.79. The van der Waals surface area contributed by atoms with Crippen molar-refractivity contribution in [3.8, 4) is 0 Å². The van der Waals surface area contributed by atoms with Gasteiger partial charge in [0.25, 0.3) is 0 Å². The molecule has 0 radical (unpaired) electrons. The number of nitrogens with zero attached hydrogens (tertiary/aromatic N) is 1. The molecule has 3 rings (SSSR count). The van der Waals surface area contributed by atoms with Crippen molar-refractivity contribution in [2.75, 3.05) is 13.7 Å². The van der Waals surface area contributed by atoms with E-state index in [0.717, 1.165) is 13.0 Å². The van der Waals surface area contributed by atoms with Crippen LogP contribution >= 0.6 is 0 Å². The summed E-state index contributed by atoms with van der Waals surface area (Å²) in [6.45, 7) is 0.936. The van der Waals surface area contributed by atoms with E-state index in [-0.39, 0.29) is 5.60 Å². The van der Waals surface area contributed by atoms with Crippen LogP contribution in [0.4, 0.5) is 0 Å². The van der Waals surface area contributed by atoms with Crippen LogP contribution in [0.5, 0.6) is 0 Å². The maximum absolute atomic E-state index is 6.16. The van der Waals surface area contributed by atoms with Crippen LogP contribution in [0.15, 0.2) is 24.4 Å². The summed E-state index contributed by atoms with van der Waals surface area (Å²) in [5.74, 6) is 0.717. The van der Waals surface area contributed by atoms with Crippen LogP contribution in [-0.4, -0.2) is 30.3 Å². The molecular weight excluding hydrogens is 248 g/mol. The van der Waals surface area contributed by atoms with Gasteiger partial charge in [-0.25, -0.2) is 0 Å². The molecule has 1 aliphatic heterocycles. The summed E-state index contributed by atoms with van der Waals surface area (Å²) >= 11 is 0. The Morgan fingerprint density at radius 2 is 2.25 bits per heavy atom. The maximum atomic E-state index is 6.16. The Morgan fingerprint density at radius 1 is 1.40 bits per heavy atom. The number of hydrogen-bond acceptors (Lipinski definition) is 3. The van der Waals surface area contributed by atoms with E-state index in [0.29, 0.717) is 12.0 Å². The molecule has 1 spiro atoms. The smallest absolute Gasteiger partial charge is 0.0685 e. The molecule has 110 valence electrons. The third kappa shape index (κ3) is 3.04. The summed E-state index contributed by atoms with van der Waals surface area (Å²) in [5, 5.41) is 3.53. The zero-order chi connectivity index (χ0) is 13.8. The summed E-state index contributed by atoms with van der Waals surface area (Å²) in [5.41, 5.74) is 1.40. The summed E-state index contributed by atoms with van der Waals surface area (Å²) in [7, 11) is 2.09. The van der Waals surface area contributed by atoms with E-state index < -0.39 is 0 Å². The van der Waals surface area contributed by atoms with Crippen LogP contribution in [0.1, 0.15) is 44.2 Å². The van der Waals surface area contributed by atoms with E-state index in [9.17, 15) is 0 Å². The predicted molar refractivity (Wildman–Crippen MR) is 80.7 cm³/mol. The van der Waals surface area contributed by atoms with Crippen molar-refractivity contribution in [1.82, 2.24) is 10.3 Å². The molecule has 20 heavy (non-hydrogen) atoms. The minimum absolute atomic E-state index is 0.210. The van der Waals surface area contributed by atoms with Crippen LogP contribution in [0.3, 0.4) is 0 Å². The first kappa shape index (κ1) is 14.0. The first-order chi connectivity index (χ1) is 9.81. The molecule has 0 amide bonds. The molecule has 3 nitrogen and oxygen atoms in total. The Morgan fingerprint density at radius 3 is 2.95 bits per heavy atom. The van der Waals surface area contributed by atoms with E-state index in [4.69, 9.17) is 4.74 Å².